The molecule has 3 N–H and O–H groups in total. The lowest BCUT2D eigenvalue weighted by Crippen LogP contribution is -2.08. The molecule has 1 atom stereocenters. The van der Waals surface area contributed by atoms with Gasteiger partial charge in [-0.1, -0.05) is 0 Å². The van der Waals surface area contributed by atoms with Crippen LogP contribution in [0, 0.1) is 11.3 Å². The molecule has 0 spiro atoms. The summed E-state index contributed by atoms with van der Waals surface area (Å²) in [5.74, 6) is 0.823. The summed E-state index contributed by atoms with van der Waals surface area (Å²) in [6.07, 6.45) is 2.36. The minimum absolute atomic E-state index is 0.360. The summed E-state index contributed by atoms with van der Waals surface area (Å²) in [5.41, 5.74) is 7.82. The van der Waals surface area contributed by atoms with Gasteiger partial charge in [-0.15, -0.1) is 0 Å². The van der Waals surface area contributed by atoms with Crippen molar-refractivity contribution < 1.29 is 0 Å². The summed E-state index contributed by atoms with van der Waals surface area (Å²) >= 11 is 0. The van der Waals surface area contributed by atoms with E-state index in [0.29, 0.717) is 17.3 Å². The first kappa shape index (κ1) is 7.87. The van der Waals surface area contributed by atoms with Crippen LogP contribution in [0.2, 0.25) is 0 Å². The topological polar surface area (TPSA) is 74.7 Å². The number of nitrogens with zero attached hydrogens (tertiary/aromatic N) is 2. The van der Waals surface area contributed by atoms with Crippen LogP contribution >= 0.6 is 0 Å². The van der Waals surface area contributed by atoms with Gasteiger partial charge in [-0.3, -0.25) is 0 Å². The second-order valence-corrected chi connectivity index (χ2v) is 3.27. The van der Waals surface area contributed by atoms with Crippen molar-refractivity contribution in [3.05, 3.63) is 17.3 Å². The van der Waals surface area contributed by atoms with Crippen molar-refractivity contribution in [1.82, 2.24) is 4.98 Å². The normalized spacial score (nSPS) is 18.9. The molecule has 1 aliphatic heterocycles. The van der Waals surface area contributed by atoms with Crippen LogP contribution in [0.25, 0.3) is 0 Å². The van der Waals surface area contributed by atoms with Crippen LogP contribution in [-0.2, 0) is 6.42 Å². The first-order valence-corrected chi connectivity index (χ1v) is 4.16. The van der Waals surface area contributed by atoms with E-state index in [9.17, 15) is 0 Å². The minimum Gasteiger partial charge on any atom is -0.397 e. The van der Waals surface area contributed by atoms with E-state index >= 15 is 0 Å². The monoisotopic (exact) mass is 174 g/mol. The smallest absolute Gasteiger partial charge is 0.131 e. The maximum absolute atomic E-state index is 8.73. The van der Waals surface area contributed by atoms with Crippen molar-refractivity contribution in [3.63, 3.8) is 0 Å². The lowest BCUT2D eigenvalue weighted by molar-refractivity contribution is 0.839. The van der Waals surface area contributed by atoms with Crippen molar-refractivity contribution in [1.29, 1.82) is 5.26 Å². The molecule has 0 saturated heterocycles. The molecule has 4 heteroatoms. The van der Waals surface area contributed by atoms with E-state index in [0.717, 1.165) is 17.8 Å². The predicted octanol–water partition coefficient (Wildman–Crippen LogP) is 0.892. The molecule has 0 aliphatic carbocycles. The number of rotatable bonds is 0. The molecule has 0 saturated carbocycles. The zero-order valence-electron chi connectivity index (χ0n) is 7.33. The highest BCUT2D eigenvalue weighted by atomic mass is 15.0. The molecule has 0 aromatic carbocycles. The number of anilines is 2. The minimum atomic E-state index is 0.360. The van der Waals surface area contributed by atoms with Crippen molar-refractivity contribution in [2.24, 2.45) is 0 Å². The Morgan fingerprint density at radius 2 is 2.54 bits per heavy atom. The third-order valence-electron chi connectivity index (χ3n) is 2.24. The summed E-state index contributed by atoms with van der Waals surface area (Å²) in [5, 5.41) is 11.9. The fourth-order valence-corrected chi connectivity index (χ4v) is 1.58. The zero-order valence-corrected chi connectivity index (χ0v) is 7.33. The van der Waals surface area contributed by atoms with E-state index in [1.165, 1.54) is 6.20 Å². The van der Waals surface area contributed by atoms with Crippen molar-refractivity contribution in [2.75, 3.05) is 11.1 Å². The molecule has 2 heterocycles. The molecular formula is C9H10N4. The van der Waals surface area contributed by atoms with Crippen LogP contribution < -0.4 is 11.1 Å². The Labute approximate surface area is 76.4 Å². The number of aromatic nitrogens is 1. The van der Waals surface area contributed by atoms with Gasteiger partial charge in [0.05, 0.1) is 11.3 Å². The highest BCUT2D eigenvalue weighted by molar-refractivity contribution is 5.69. The van der Waals surface area contributed by atoms with Gasteiger partial charge in [0, 0.05) is 17.8 Å². The number of pyridine rings is 1. The lowest BCUT2D eigenvalue weighted by Gasteiger charge is -2.02. The number of nitrogens with two attached hydrogens (primary N) is 1. The summed E-state index contributed by atoms with van der Waals surface area (Å²) in [7, 11) is 0. The molecular weight excluding hydrogens is 164 g/mol. The Kier molecular flexibility index (Phi) is 1.59. The molecule has 2 rings (SSSR count). The van der Waals surface area contributed by atoms with Crippen LogP contribution in [0.1, 0.15) is 18.1 Å². The standard InChI is InChI=1S/C9H10N4/c1-5-2-7-8(11)6(3-10)4-12-9(7)13-5/h4-5H,2H2,1H3,(H3,11,12,13)/t5-/m1/s1. The number of nitrogens with one attached hydrogen (secondary N) is 1. The maximum Gasteiger partial charge on any atom is 0.131 e. The molecule has 0 amide bonds. The van der Waals surface area contributed by atoms with E-state index in [1.54, 1.807) is 0 Å². The molecule has 1 aliphatic rings. The third kappa shape index (κ3) is 1.09. The largest absolute Gasteiger partial charge is 0.397 e. The van der Waals surface area contributed by atoms with Crippen molar-refractivity contribution >= 4 is 11.5 Å². The number of nitriles is 1. The van der Waals surface area contributed by atoms with Gasteiger partial charge >= 0.3 is 0 Å². The van der Waals surface area contributed by atoms with Crippen LogP contribution in [-0.4, -0.2) is 11.0 Å². The zero-order chi connectivity index (χ0) is 9.42. The highest BCUT2D eigenvalue weighted by Gasteiger charge is 2.21. The maximum atomic E-state index is 8.73. The average molecular weight is 174 g/mol. The van der Waals surface area contributed by atoms with E-state index in [2.05, 4.69) is 17.2 Å². The van der Waals surface area contributed by atoms with E-state index < -0.39 is 0 Å². The fourth-order valence-electron chi connectivity index (χ4n) is 1.58. The summed E-state index contributed by atoms with van der Waals surface area (Å²) in [6.45, 7) is 2.06. The van der Waals surface area contributed by atoms with Gasteiger partial charge < -0.3 is 11.1 Å². The first-order chi connectivity index (χ1) is 6.22. The van der Waals surface area contributed by atoms with Gasteiger partial charge in [0.1, 0.15) is 11.9 Å². The summed E-state index contributed by atoms with van der Waals surface area (Å²) in [6, 6.07) is 2.38. The Bertz CT molecular complexity index is 391. The van der Waals surface area contributed by atoms with Gasteiger partial charge in [0.25, 0.3) is 0 Å². The molecule has 0 unspecified atom stereocenters. The van der Waals surface area contributed by atoms with Crippen LogP contribution in [0.4, 0.5) is 11.5 Å². The van der Waals surface area contributed by atoms with Gasteiger partial charge in [-0.05, 0) is 13.3 Å². The number of hydrogen-bond acceptors (Lipinski definition) is 4. The van der Waals surface area contributed by atoms with Gasteiger partial charge in [-0.25, -0.2) is 4.98 Å². The Morgan fingerprint density at radius 3 is 3.23 bits per heavy atom. The Morgan fingerprint density at radius 1 is 1.77 bits per heavy atom. The molecule has 1 aromatic rings. The van der Waals surface area contributed by atoms with Gasteiger partial charge in [0.15, 0.2) is 0 Å². The van der Waals surface area contributed by atoms with Gasteiger partial charge in [-0.2, -0.15) is 5.26 Å². The molecule has 13 heavy (non-hydrogen) atoms. The Hall–Kier alpha value is -1.76. The van der Waals surface area contributed by atoms with E-state index in [-0.39, 0.29) is 0 Å². The summed E-state index contributed by atoms with van der Waals surface area (Å²) in [4.78, 5) is 4.13. The highest BCUT2D eigenvalue weighted by Crippen LogP contribution is 2.30. The quantitative estimate of drug-likeness (QED) is 0.612. The third-order valence-corrected chi connectivity index (χ3v) is 2.24. The molecule has 1 aromatic heterocycles. The number of fused-ring (bicyclic) bond motifs is 1. The number of hydrogen-bond donors (Lipinski definition) is 2. The number of nitrogen functional groups attached to an aromatic ring is 1. The molecule has 4 nitrogen and oxygen atoms in total. The molecule has 0 bridgehead atoms. The fraction of sp³-hybridized carbons (Fsp3) is 0.333. The molecule has 0 fully saturated rings. The van der Waals surface area contributed by atoms with Crippen molar-refractivity contribution in [3.8, 4) is 6.07 Å². The van der Waals surface area contributed by atoms with Gasteiger partial charge in [0.2, 0.25) is 0 Å². The first-order valence-electron chi connectivity index (χ1n) is 4.16. The Balaban J connectivity index is 2.56. The van der Waals surface area contributed by atoms with E-state index in [4.69, 9.17) is 11.0 Å². The lowest BCUT2D eigenvalue weighted by atomic mass is 10.1. The van der Waals surface area contributed by atoms with Crippen LogP contribution in [0.3, 0.4) is 0 Å². The SMILES string of the molecule is C[C@@H]1Cc2c(ncc(C#N)c2N)N1. The van der Waals surface area contributed by atoms with Crippen molar-refractivity contribution in [2.45, 2.75) is 19.4 Å². The second-order valence-electron chi connectivity index (χ2n) is 3.27. The second kappa shape index (κ2) is 2.63. The molecule has 0 radical (unpaired) electrons. The van der Waals surface area contributed by atoms with Crippen LogP contribution in [0.5, 0.6) is 0 Å². The average Bonchev–Trinajstić information content (AvgIpc) is 2.47. The predicted molar refractivity (Wildman–Crippen MR) is 50.2 cm³/mol. The molecule has 66 valence electrons. The summed E-state index contributed by atoms with van der Waals surface area (Å²) < 4.78 is 0. The van der Waals surface area contributed by atoms with E-state index in [1.807, 2.05) is 6.07 Å². The van der Waals surface area contributed by atoms with Crippen LogP contribution in [0.15, 0.2) is 6.20 Å².